The number of alkyl halides is 3. The highest BCUT2D eigenvalue weighted by atomic mass is 32.1. The summed E-state index contributed by atoms with van der Waals surface area (Å²) in [5.74, 6) is -0.830. The van der Waals surface area contributed by atoms with E-state index >= 15 is 0 Å². The van der Waals surface area contributed by atoms with E-state index in [9.17, 15) is 23.1 Å². The third-order valence-corrected chi connectivity index (χ3v) is 5.00. The summed E-state index contributed by atoms with van der Waals surface area (Å²) in [5, 5.41) is 14.0. The van der Waals surface area contributed by atoms with Gasteiger partial charge in [-0.3, -0.25) is 0 Å². The van der Waals surface area contributed by atoms with Crippen molar-refractivity contribution in [3.05, 3.63) is 21.9 Å². The summed E-state index contributed by atoms with van der Waals surface area (Å²) in [4.78, 5) is 14.6. The molecule has 1 aliphatic rings. The molecule has 2 amide bonds. The van der Waals surface area contributed by atoms with Crippen LogP contribution in [0.5, 0.6) is 0 Å². The van der Waals surface area contributed by atoms with Crippen LogP contribution in [0.25, 0.3) is 0 Å². The predicted molar refractivity (Wildman–Crippen MR) is 77.7 cm³/mol. The van der Waals surface area contributed by atoms with Crippen molar-refractivity contribution < 1.29 is 23.1 Å². The molecule has 2 rings (SSSR count). The number of aryl methyl sites for hydroxylation is 1. The van der Waals surface area contributed by atoms with Crippen molar-refractivity contribution in [3.63, 3.8) is 0 Å². The zero-order chi connectivity index (χ0) is 16.3. The number of urea groups is 1. The third-order valence-electron chi connectivity index (χ3n) is 3.98. The van der Waals surface area contributed by atoms with E-state index < -0.39 is 18.2 Å². The van der Waals surface area contributed by atoms with Crippen LogP contribution in [-0.4, -0.2) is 41.4 Å². The van der Waals surface area contributed by atoms with Crippen molar-refractivity contribution in [2.45, 2.75) is 38.6 Å². The number of aliphatic hydroxyl groups is 1. The van der Waals surface area contributed by atoms with Gasteiger partial charge in [0.1, 0.15) is 0 Å². The Labute approximate surface area is 130 Å². The Morgan fingerprint density at radius 3 is 2.64 bits per heavy atom. The van der Waals surface area contributed by atoms with Gasteiger partial charge >= 0.3 is 12.2 Å². The standard InChI is InChI=1S/C14H19F3N2O2S/c1-9-4-7-22-11(9)8-18-13(21)19-5-2-10(3-6-19)12(20)14(15,16)17/h4,7,10,12,20H,2-3,5-6,8H2,1H3,(H,18,21)/t12-/m1/s1. The fourth-order valence-corrected chi connectivity index (χ4v) is 3.38. The Bertz CT molecular complexity index is 510. The number of carbonyl (C=O) groups is 1. The minimum atomic E-state index is -4.59. The predicted octanol–water partition coefficient (Wildman–Crippen LogP) is 2.90. The van der Waals surface area contributed by atoms with Gasteiger partial charge in [-0.05, 0) is 42.7 Å². The Hall–Kier alpha value is -1.28. The number of nitrogens with zero attached hydrogens (tertiary/aromatic N) is 1. The monoisotopic (exact) mass is 336 g/mol. The van der Waals surface area contributed by atoms with Gasteiger partial charge in [0, 0.05) is 18.0 Å². The fourth-order valence-electron chi connectivity index (χ4n) is 2.54. The van der Waals surface area contributed by atoms with Gasteiger partial charge in [-0.1, -0.05) is 0 Å². The zero-order valence-corrected chi connectivity index (χ0v) is 13.0. The molecule has 0 aromatic carbocycles. The van der Waals surface area contributed by atoms with Crippen LogP contribution in [0.1, 0.15) is 23.3 Å². The first-order valence-corrected chi connectivity index (χ1v) is 7.97. The second kappa shape index (κ2) is 6.87. The smallest absolute Gasteiger partial charge is 0.383 e. The van der Waals surface area contributed by atoms with Crippen LogP contribution in [0.15, 0.2) is 11.4 Å². The minimum Gasteiger partial charge on any atom is -0.383 e. The molecular formula is C14H19F3N2O2S. The number of thiophene rings is 1. The van der Waals surface area contributed by atoms with E-state index in [1.165, 1.54) is 4.90 Å². The molecule has 0 saturated carbocycles. The lowest BCUT2D eigenvalue weighted by atomic mass is 9.91. The van der Waals surface area contributed by atoms with Gasteiger partial charge in [0.2, 0.25) is 0 Å². The van der Waals surface area contributed by atoms with Crippen molar-refractivity contribution in [2.75, 3.05) is 13.1 Å². The highest BCUT2D eigenvalue weighted by Gasteiger charge is 2.44. The van der Waals surface area contributed by atoms with E-state index in [1.807, 2.05) is 18.4 Å². The normalized spacial score (nSPS) is 18.3. The van der Waals surface area contributed by atoms with Gasteiger partial charge in [0.15, 0.2) is 6.10 Å². The molecule has 2 heterocycles. The van der Waals surface area contributed by atoms with Crippen LogP contribution in [-0.2, 0) is 6.54 Å². The second-order valence-electron chi connectivity index (χ2n) is 5.50. The summed E-state index contributed by atoms with van der Waals surface area (Å²) >= 11 is 1.55. The van der Waals surface area contributed by atoms with Gasteiger partial charge in [0.25, 0.3) is 0 Å². The Kier molecular flexibility index (Phi) is 5.33. The van der Waals surface area contributed by atoms with Crippen molar-refractivity contribution in [2.24, 2.45) is 5.92 Å². The molecule has 124 valence electrons. The van der Waals surface area contributed by atoms with Crippen LogP contribution < -0.4 is 5.32 Å². The molecule has 0 aliphatic carbocycles. The van der Waals surface area contributed by atoms with Gasteiger partial charge in [0.05, 0.1) is 6.54 Å². The summed E-state index contributed by atoms with van der Waals surface area (Å²) in [7, 11) is 0. The Morgan fingerprint density at radius 2 is 2.14 bits per heavy atom. The molecule has 22 heavy (non-hydrogen) atoms. The molecule has 0 radical (unpaired) electrons. The lowest BCUT2D eigenvalue weighted by molar-refractivity contribution is -0.222. The average molecular weight is 336 g/mol. The van der Waals surface area contributed by atoms with Gasteiger partial charge in [-0.2, -0.15) is 13.2 Å². The van der Waals surface area contributed by atoms with Gasteiger partial charge < -0.3 is 15.3 Å². The lowest BCUT2D eigenvalue weighted by Gasteiger charge is -2.34. The summed E-state index contributed by atoms with van der Waals surface area (Å²) in [5.41, 5.74) is 1.11. The van der Waals surface area contributed by atoms with Crippen molar-refractivity contribution in [1.29, 1.82) is 0 Å². The van der Waals surface area contributed by atoms with Gasteiger partial charge in [-0.25, -0.2) is 4.79 Å². The summed E-state index contributed by atoms with van der Waals surface area (Å²) in [6.45, 7) is 2.84. The molecule has 1 aromatic heterocycles. The van der Waals surface area contributed by atoms with E-state index in [2.05, 4.69) is 5.32 Å². The van der Waals surface area contributed by atoms with E-state index in [4.69, 9.17) is 0 Å². The molecule has 0 bridgehead atoms. The number of carbonyl (C=O) groups excluding carboxylic acids is 1. The summed E-state index contributed by atoms with van der Waals surface area (Å²) in [6.07, 6.45) is -6.57. The first kappa shape index (κ1) is 17.1. The zero-order valence-electron chi connectivity index (χ0n) is 12.2. The number of nitrogens with one attached hydrogen (secondary N) is 1. The fraction of sp³-hybridized carbons (Fsp3) is 0.643. The number of piperidine rings is 1. The second-order valence-corrected chi connectivity index (χ2v) is 6.50. The maximum absolute atomic E-state index is 12.5. The van der Waals surface area contributed by atoms with Crippen LogP contribution in [0, 0.1) is 12.8 Å². The molecule has 1 aromatic rings. The highest BCUT2D eigenvalue weighted by Crippen LogP contribution is 2.31. The lowest BCUT2D eigenvalue weighted by Crippen LogP contribution is -2.48. The van der Waals surface area contributed by atoms with Crippen molar-refractivity contribution >= 4 is 17.4 Å². The van der Waals surface area contributed by atoms with E-state index in [0.29, 0.717) is 6.54 Å². The molecule has 0 spiro atoms. The number of amides is 2. The van der Waals surface area contributed by atoms with Crippen LogP contribution in [0.2, 0.25) is 0 Å². The van der Waals surface area contributed by atoms with Crippen LogP contribution in [0.4, 0.5) is 18.0 Å². The van der Waals surface area contributed by atoms with Crippen molar-refractivity contribution in [1.82, 2.24) is 10.2 Å². The van der Waals surface area contributed by atoms with Crippen LogP contribution in [0.3, 0.4) is 0 Å². The first-order valence-electron chi connectivity index (χ1n) is 7.09. The summed E-state index contributed by atoms with van der Waals surface area (Å²) in [6, 6.07) is 1.70. The Morgan fingerprint density at radius 1 is 1.50 bits per heavy atom. The van der Waals surface area contributed by atoms with E-state index in [1.54, 1.807) is 11.3 Å². The number of halogens is 3. The molecule has 1 fully saturated rings. The quantitative estimate of drug-likeness (QED) is 0.892. The number of aliphatic hydroxyl groups excluding tert-OH is 1. The summed E-state index contributed by atoms with van der Waals surface area (Å²) < 4.78 is 37.4. The Balaban J connectivity index is 1.79. The maximum atomic E-state index is 12.5. The molecule has 2 N–H and O–H groups in total. The average Bonchev–Trinajstić information content (AvgIpc) is 2.88. The first-order chi connectivity index (χ1) is 10.3. The third kappa shape index (κ3) is 4.13. The van der Waals surface area contributed by atoms with E-state index in [0.717, 1.165) is 10.4 Å². The number of likely N-dealkylation sites (tertiary alicyclic amines) is 1. The van der Waals surface area contributed by atoms with Crippen LogP contribution >= 0.6 is 11.3 Å². The number of hydrogen-bond acceptors (Lipinski definition) is 3. The molecule has 1 saturated heterocycles. The van der Waals surface area contributed by atoms with Gasteiger partial charge in [-0.15, -0.1) is 11.3 Å². The SMILES string of the molecule is Cc1ccsc1CNC(=O)N1CCC([C@@H](O)C(F)(F)F)CC1. The molecular weight excluding hydrogens is 317 g/mol. The number of rotatable bonds is 3. The molecule has 1 atom stereocenters. The molecule has 4 nitrogen and oxygen atoms in total. The maximum Gasteiger partial charge on any atom is 0.414 e. The minimum absolute atomic E-state index is 0.159. The van der Waals surface area contributed by atoms with Crippen molar-refractivity contribution in [3.8, 4) is 0 Å². The topological polar surface area (TPSA) is 52.6 Å². The molecule has 0 unspecified atom stereocenters. The number of hydrogen-bond donors (Lipinski definition) is 2. The highest BCUT2D eigenvalue weighted by molar-refractivity contribution is 7.10. The molecule has 1 aliphatic heterocycles. The van der Waals surface area contributed by atoms with E-state index in [-0.39, 0.29) is 32.0 Å². The molecule has 8 heteroatoms. The largest absolute Gasteiger partial charge is 0.414 e.